The number of carbonyl (C=O) groups is 1. The molecular formula is C18H17ClFNO3. The van der Waals surface area contributed by atoms with E-state index in [1.165, 1.54) is 18.2 Å². The Morgan fingerprint density at radius 3 is 2.79 bits per heavy atom. The normalized spacial score (nSPS) is 17.8. The number of benzene rings is 2. The minimum absolute atomic E-state index is 0.205. The zero-order valence-corrected chi connectivity index (χ0v) is 13.7. The van der Waals surface area contributed by atoms with Gasteiger partial charge in [-0.2, -0.15) is 0 Å². The highest BCUT2D eigenvalue weighted by Gasteiger charge is 2.28. The molecule has 1 fully saturated rings. The number of ether oxygens (including phenoxy) is 1. The van der Waals surface area contributed by atoms with Gasteiger partial charge in [-0.25, -0.2) is 4.39 Å². The van der Waals surface area contributed by atoms with Crippen LogP contribution < -0.4 is 4.74 Å². The standard InChI is InChI=1S/C18H17ClFNO3/c19-15-9-14(20)5-6-17(15)24-16-4-2-1-3-12(16)10-21-8-7-13(11-21)18(22)23/h1-6,9,13H,7-8,10-11H2,(H,22,23). The van der Waals surface area contributed by atoms with Crippen molar-refractivity contribution >= 4 is 17.6 Å². The summed E-state index contributed by atoms with van der Waals surface area (Å²) in [7, 11) is 0. The first kappa shape index (κ1) is 16.7. The minimum Gasteiger partial charge on any atom is -0.481 e. The highest BCUT2D eigenvalue weighted by molar-refractivity contribution is 6.32. The van der Waals surface area contributed by atoms with Crippen molar-refractivity contribution in [3.8, 4) is 11.5 Å². The number of aliphatic carboxylic acids is 1. The average molecular weight is 350 g/mol. The highest BCUT2D eigenvalue weighted by Crippen LogP contribution is 2.32. The lowest BCUT2D eigenvalue weighted by Crippen LogP contribution is -2.23. The Kier molecular flexibility index (Phi) is 5.02. The molecule has 0 aromatic heterocycles. The molecule has 0 amide bonds. The summed E-state index contributed by atoms with van der Waals surface area (Å²) in [5.41, 5.74) is 0.934. The summed E-state index contributed by atoms with van der Waals surface area (Å²) in [4.78, 5) is 13.2. The van der Waals surface area contributed by atoms with Crippen LogP contribution in [0.15, 0.2) is 42.5 Å². The van der Waals surface area contributed by atoms with Gasteiger partial charge in [0.25, 0.3) is 0 Å². The third kappa shape index (κ3) is 3.86. The van der Waals surface area contributed by atoms with Crippen molar-refractivity contribution in [1.29, 1.82) is 0 Å². The molecule has 1 aliphatic rings. The summed E-state index contributed by atoms with van der Waals surface area (Å²) < 4.78 is 19.0. The van der Waals surface area contributed by atoms with E-state index in [0.717, 1.165) is 12.1 Å². The molecule has 0 spiro atoms. The van der Waals surface area contributed by atoms with E-state index in [1.807, 2.05) is 24.3 Å². The van der Waals surface area contributed by atoms with E-state index in [2.05, 4.69) is 4.90 Å². The molecule has 0 aliphatic carbocycles. The van der Waals surface area contributed by atoms with E-state index in [1.54, 1.807) is 0 Å². The van der Waals surface area contributed by atoms with E-state index < -0.39 is 11.8 Å². The van der Waals surface area contributed by atoms with Gasteiger partial charge in [0.05, 0.1) is 10.9 Å². The van der Waals surface area contributed by atoms with Crippen molar-refractivity contribution in [2.75, 3.05) is 13.1 Å². The molecule has 24 heavy (non-hydrogen) atoms. The lowest BCUT2D eigenvalue weighted by Gasteiger charge is -2.18. The van der Waals surface area contributed by atoms with E-state index in [0.29, 0.717) is 31.0 Å². The van der Waals surface area contributed by atoms with E-state index in [9.17, 15) is 9.18 Å². The Labute approximate surface area is 144 Å². The summed E-state index contributed by atoms with van der Waals surface area (Å²) in [5, 5.41) is 9.31. The molecule has 0 radical (unpaired) electrons. The van der Waals surface area contributed by atoms with Crippen molar-refractivity contribution in [3.63, 3.8) is 0 Å². The Bertz CT molecular complexity index is 753. The molecule has 1 saturated heterocycles. The second-order valence-corrected chi connectivity index (χ2v) is 6.25. The van der Waals surface area contributed by atoms with Crippen LogP contribution in [0.1, 0.15) is 12.0 Å². The lowest BCUT2D eigenvalue weighted by molar-refractivity contribution is -0.141. The van der Waals surface area contributed by atoms with E-state index >= 15 is 0 Å². The average Bonchev–Trinajstić information content (AvgIpc) is 3.01. The minimum atomic E-state index is -0.750. The zero-order valence-electron chi connectivity index (χ0n) is 12.9. The first-order valence-electron chi connectivity index (χ1n) is 7.69. The predicted octanol–water partition coefficient (Wildman–Crippen LogP) is 4.18. The Balaban J connectivity index is 1.75. The summed E-state index contributed by atoms with van der Waals surface area (Å²) in [6.45, 7) is 1.86. The van der Waals surface area contributed by atoms with Crippen LogP contribution in [0.2, 0.25) is 5.02 Å². The van der Waals surface area contributed by atoms with Gasteiger partial charge in [0.1, 0.15) is 17.3 Å². The molecule has 4 nitrogen and oxygen atoms in total. The SMILES string of the molecule is O=C(O)C1CCN(Cc2ccccc2Oc2ccc(F)cc2Cl)C1. The van der Waals surface area contributed by atoms with Crippen LogP contribution in [0, 0.1) is 11.7 Å². The highest BCUT2D eigenvalue weighted by atomic mass is 35.5. The first-order chi connectivity index (χ1) is 11.5. The maximum absolute atomic E-state index is 13.1. The number of likely N-dealkylation sites (tertiary alicyclic amines) is 1. The van der Waals surface area contributed by atoms with Gasteiger partial charge in [0, 0.05) is 18.7 Å². The molecule has 2 aromatic rings. The predicted molar refractivity (Wildman–Crippen MR) is 88.9 cm³/mol. The number of rotatable bonds is 5. The number of carboxylic acid groups (broad SMARTS) is 1. The zero-order chi connectivity index (χ0) is 17.1. The van der Waals surface area contributed by atoms with Crippen molar-refractivity contribution in [3.05, 3.63) is 58.9 Å². The van der Waals surface area contributed by atoms with Gasteiger partial charge in [-0.3, -0.25) is 9.69 Å². The van der Waals surface area contributed by atoms with Crippen LogP contribution in [-0.2, 0) is 11.3 Å². The Morgan fingerprint density at radius 1 is 1.29 bits per heavy atom. The van der Waals surface area contributed by atoms with Crippen LogP contribution in [0.4, 0.5) is 4.39 Å². The fourth-order valence-electron chi connectivity index (χ4n) is 2.83. The van der Waals surface area contributed by atoms with Crippen LogP contribution in [0.5, 0.6) is 11.5 Å². The third-order valence-corrected chi connectivity index (χ3v) is 4.40. The molecule has 1 heterocycles. The van der Waals surface area contributed by atoms with Crippen molar-refractivity contribution < 1.29 is 19.0 Å². The lowest BCUT2D eigenvalue weighted by atomic mass is 10.1. The second-order valence-electron chi connectivity index (χ2n) is 5.84. The molecule has 0 saturated carbocycles. The van der Waals surface area contributed by atoms with Crippen LogP contribution >= 0.6 is 11.6 Å². The summed E-state index contributed by atoms with van der Waals surface area (Å²) >= 11 is 6.02. The maximum atomic E-state index is 13.1. The maximum Gasteiger partial charge on any atom is 0.307 e. The van der Waals surface area contributed by atoms with Crippen LogP contribution in [0.3, 0.4) is 0 Å². The molecule has 1 unspecified atom stereocenters. The number of nitrogens with zero attached hydrogens (tertiary/aromatic N) is 1. The van der Waals surface area contributed by atoms with Gasteiger partial charge in [0.2, 0.25) is 0 Å². The largest absolute Gasteiger partial charge is 0.481 e. The molecule has 1 atom stereocenters. The van der Waals surface area contributed by atoms with Crippen molar-refractivity contribution in [2.24, 2.45) is 5.92 Å². The third-order valence-electron chi connectivity index (χ3n) is 4.10. The first-order valence-corrected chi connectivity index (χ1v) is 8.06. The monoisotopic (exact) mass is 349 g/mol. The summed E-state index contributed by atoms with van der Waals surface area (Å²) in [5.74, 6) is -0.470. The topological polar surface area (TPSA) is 49.8 Å². The molecule has 1 aliphatic heterocycles. The van der Waals surface area contributed by atoms with Gasteiger partial charge in [0.15, 0.2) is 0 Å². The molecule has 1 N–H and O–H groups in total. The fraction of sp³-hybridized carbons (Fsp3) is 0.278. The summed E-state index contributed by atoms with van der Waals surface area (Å²) in [6, 6.07) is 11.5. The number of para-hydroxylation sites is 1. The van der Waals surface area contributed by atoms with Gasteiger partial charge < -0.3 is 9.84 Å². The molecule has 0 bridgehead atoms. The summed E-state index contributed by atoms with van der Waals surface area (Å²) in [6.07, 6.45) is 0.655. The van der Waals surface area contributed by atoms with Gasteiger partial charge in [-0.1, -0.05) is 29.8 Å². The van der Waals surface area contributed by atoms with Gasteiger partial charge in [-0.15, -0.1) is 0 Å². The number of hydrogen-bond donors (Lipinski definition) is 1. The van der Waals surface area contributed by atoms with Gasteiger partial charge >= 0.3 is 5.97 Å². The molecule has 6 heteroatoms. The molecule has 3 rings (SSSR count). The Hall–Kier alpha value is -2.11. The van der Waals surface area contributed by atoms with Crippen molar-refractivity contribution in [2.45, 2.75) is 13.0 Å². The van der Waals surface area contributed by atoms with Crippen LogP contribution in [0.25, 0.3) is 0 Å². The quantitative estimate of drug-likeness (QED) is 0.879. The van der Waals surface area contributed by atoms with Crippen LogP contribution in [-0.4, -0.2) is 29.1 Å². The Morgan fingerprint density at radius 2 is 2.08 bits per heavy atom. The number of carboxylic acids is 1. The number of halogens is 2. The van der Waals surface area contributed by atoms with E-state index in [4.69, 9.17) is 21.4 Å². The molecule has 126 valence electrons. The molecular weight excluding hydrogens is 333 g/mol. The molecule has 2 aromatic carbocycles. The van der Waals surface area contributed by atoms with E-state index in [-0.39, 0.29) is 10.9 Å². The number of hydrogen-bond acceptors (Lipinski definition) is 3. The second kappa shape index (κ2) is 7.20. The van der Waals surface area contributed by atoms with Crippen molar-refractivity contribution in [1.82, 2.24) is 4.90 Å². The smallest absolute Gasteiger partial charge is 0.307 e. The fourth-order valence-corrected chi connectivity index (χ4v) is 3.04. The van der Waals surface area contributed by atoms with Gasteiger partial charge in [-0.05, 0) is 37.2 Å².